The molecule has 0 saturated heterocycles. The quantitative estimate of drug-likeness (QED) is 0.0722. The van der Waals surface area contributed by atoms with Crippen LogP contribution in [-0.4, -0.2) is 66.7 Å². The summed E-state index contributed by atoms with van der Waals surface area (Å²) in [4.78, 5) is 71.9. The third-order valence-corrected chi connectivity index (χ3v) is 6.60. The van der Waals surface area contributed by atoms with Gasteiger partial charge in [-0.3, -0.25) is 19.2 Å². The highest BCUT2D eigenvalue weighted by molar-refractivity contribution is 6.36. The van der Waals surface area contributed by atoms with E-state index in [0.717, 1.165) is 0 Å². The van der Waals surface area contributed by atoms with Crippen LogP contribution in [-0.2, 0) is 19.2 Å². The van der Waals surface area contributed by atoms with E-state index in [4.69, 9.17) is 0 Å². The Bertz CT molecular complexity index is 1480. The molecule has 0 radical (unpaired) electrons. The molecule has 0 amide bonds. The van der Waals surface area contributed by atoms with E-state index in [9.17, 15) is 59.4 Å². The van der Waals surface area contributed by atoms with E-state index in [1.807, 2.05) is 0 Å². The maximum Gasteiger partial charge on any atom is 0.371 e. The van der Waals surface area contributed by atoms with Crippen molar-refractivity contribution in [2.24, 2.45) is 11.8 Å². The molecule has 222 valence electrons. The van der Waals surface area contributed by atoms with Gasteiger partial charge in [-0.15, -0.1) is 0 Å². The lowest BCUT2D eigenvalue weighted by Crippen LogP contribution is -2.14. The highest BCUT2D eigenvalue weighted by atomic mass is 16.4. The molecule has 2 rings (SSSR count). The molecule has 0 atom stereocenters. The molecule has 0 aliphatic carbocycles. The largest absolute Gasteiger partial charge is 0.506 e. The van der Waals surface area contributed by atoms with Crippen molar-refractivity contribution in [2.75, 3.05) is 0 Å². The summed E-state index contributed by atoms with van der Waals surface area (Å²) >= 11 is 0. The summed E-state index contributed by atoms with van der Waals surface area (Å²) in [6.45, 7) is 8.80. The van der Waals surface area contributed by atoms with E-state index < -0.39 is 69.5 Å². The monoisotopic (exact) mass is 582 g/mol. The minimum atomic E-state index is -1.73. The molecule has 2 aromatic carbocycles. The number of phenols is 2. The Balaban J connectivity index is 3.26. The normalized spacial score (nSPS) is 12.5. The van der Waals surface area contributed by atoms with Gasteiger partial charge in [0.25, 0.3) is 0 Å². The van der Waals surface area contributed by atoms with Gasteiger partial charge >= 0.3 is 11.9 Å². The number of ketones is 2. The second-order valence-electron chi connectivity index (χ2n) is 10.1. The predicted molar refractivity (Wildman–Crippen MR) is 150 cm³/mol. The van der Waals surface area contributed by atoms with Crippen molar-refractivity contribution < 1.29 is 59.4 Å². The van der Waals surface area contributed by atoms with Crippen LogP contribution >= 0.6 is 0 Å². The number of carboxylic acid groups (broad SMARTS) is 2. The number of rotatable bonds is 11. The number of phenolic OH excluding ortho intramolecular Hbond substituents is 2. The molecule has 0 aromatic heterocycles. The van der Waals surface area contributed by atoms with E-state index in [1.165, 1.54) is 53.7 Å². The molecule has 6 N–H and O–H groups in total. The van der Waals surface area contributed by atoms with Crippen LogP contribution in [0.3, 0.4) is 0 Å². The number of carbonyl (C=O) groups excluding carboxylic acids is 4. The molecule has 0 fully saturated rings. The summed E-state index contributed by atoms with van der Waals surface area (Å²) in [5, 5.41) is 62.2. The second kappa shape index (κ2) is 12.5. The first-order chi connectivity index (χ1) is 19.4. The van der Waals surface area contributed by atoms with Gasteiger partial charge in [0.2, 0.25) is 23.1 Å². The number of carboxylic acids is 2. The SMILES string of the molecule is Cc1cc(/C(=C(/O)C(=O)O)C(C)C)c(C(=O)C=O)c(O)c1-c1c(C)cc(/C(=C(/O)C(=O)O)C(C)C)c(C(=O)C=O)c1O. The highest BCUT2D eigenvalue weighted by Gasteiger charge is 2.33. The number of aldehydes is 2. The smallest absolute Gasteiger partial charge is 0.371 e. The number of hydrogen-bond donors (Lipinski definition) is 6. The molecular weight excluding hydrogens is 552 g/mol. The Hall–Kier alpha value is -5.26. The van der Waals surface area contributed by atoms with Crippen molar-refractivity contribution in [3.8, 4) is 22.6 Å². The first kappa shape index (κ1) is 32.9. The number of aliphatic hydroxyl groups is 2. The number of aliphatic hydroxyl groups excluding tert-OH is 2. The molecule has 12 nitrogen and oxygen atoms in total. The van der Waals surface area contributed by atoms with Crippen LogP contribution in [0.5, 0.6) is 11.5 Å². The van der Waals surface area contributed by atoms with Crippen molar-refractivity contribution in [1.29, 1.82) is 0 Å². The number of carbonyl (C=O) groups is 6. The molecular formula is C30H30O12. The first-order valence-corrected chi connectivity index (χ1v) is 12.5. The predicted octanol–water partition coefficient (Wildman–Crippen LogP) is 4.16. The Labute approximate surface area is 239 Å². The van der Waals surface area contributed by atoms with E-state index in [1.54, 1.807) is 0 Å². The van der Waals surface area contributed by atoms with E-state index in [2.05, 4.69) is 0 Å². The minimum Gasteiger partial charge on any atom is -0.506 e. The number of benzene rings is 2. The molecule has 0 aliphatic rings. The van der Waals surface area contributed by atoms with Crippen LogP contribution < -0.4 is 0 Å². The van der Waals surface area contributed by atoms with Crippen LogP contribution in [0.25, 0.3) is 22.3 Å². The fraction of sp³-hybridized carbons (Fsp3) is 0.267. The number of aliphatic carboxylic acids is 2. The van der Waals surface area contributed by atoms with E-state index >= 15 is 0 Å². The molecule has 2 aromatic rings. The van der Waals surface area contributed by atoms with Crippen LogP contribution in [0, 0.1) is 25.7 Å². The Morgan fingerprint density at radius 3 is 1.12 bits per heavy atom. The molecule has 0 heterocycles. The van der Waals surface area contributed by atoms with Crippen molar-refractivity contribution >= 4 is 47.2 Å². The number of hydrogen-bond acceptors (Lipinski definition) is 10. The van der Waals surface area contributed by atoms with Crippen LogP contribution in [0.1, 0.15) is 70.7 Å². The lowest BCUT2D eigenvalue weighted by molar-refractivity contribution is -0.136. The van der Waals surface area contributed by atoms with Crippen LogP contribution in [0.2, 0.25) is 0 Å². The van der Waals surface area contributed by atoms with Gasteiger partial charge in [-0.2, -0.15) is 0 Å². The Morgan fingerprint density at radius 1 is 0.619 bits per heavy atom. The number of allylic oxidation sites excluding steroid dienone is 2. The zero-order valence-electron chi connectivity index (χ0n) is 23.6. The molecule has 0 unspecified atom stereocenters. The van der Waals surface area contributed by atoms with Crippen molar-refractivity contribution in [3.05, 3.63) is 57.0 Å². The zero-order chi connectivity index (χ0) is 32.4. The number of aryl methyl sites for hydroxylation is 2. The zero-order valence-corrected chi connectivity index (χ0v) is 23.6. The van der Waals surface area contributed by atoms with Gasteiger partial charge in [0.15, 0.2) is 12.6 Å². The summed E-state index contributed by atoms with van der Waals surface area (Å²) in [5.74, 6) is -11.6. The standard InChI is InChI=1S/C30H30O12/c1-11(2)19(27(37)29(39)40)15-7-13(5)21(25(35)23(15)17(33)9-31)22-14(6)8-16(24(26(22)36)18(34)10-32)20(12(3)4)28(38)30(41)42/h7-12,35-38H,1-6H3,(H,39,40)(H,41,42)/b27-19+,28-20+. The molecule has 0 spiro atoms. The third kappa shape index (κ3) is 5.78. The van der Waals surface area contributed by atoms with Crippen LogP contribution in [0.15, 0.2) is 23.7 Å². The van der Waals surface area contributed by atoms with Gasteiger partial charge in [0, 0.05) is 22.3 Å². The fourth-order valence-corrected chi connectivity index (χ4v) is 4.93. The third-order valence-electron chi connectivity index (χ3n) is 6.60. The lowest BCUT2D eigenvalue weighted by atomic mass is 9.81. The Kier molecular flexibility index (Phi) is 9.81. The van der Waals surface area contributed by atoms with Gasteiger partial charge in [-0.25, -0.2) is 9.59 Å². The van der Waals surface area contributed by atoms with Crippen molar-refractivity contribution in [1.82, 2.24) is 0 Å². The topological polar surface area (TPSA) is 224 Å². The van der Waals surface area contributed by atoms with Crippen LogP contribution in [0.4, 0.5) is 0 Å². The van der Waals surface area contributed by atoms with Gasteiger partial charge in [-0.05, 0) is 60.1 Å². The van der Waals surface area contributed by atoms with Gasteiger partial charge in [-0.1, -0.05) is 27.7 Å². The molecule has 0 bridgehead atoms. The number of aromatic hydroxyl groups is 2. The van der Waals surface area contributed by atoms with Crippen molar-refractivity contribution in [2.45, 2.75) is 41.5 Å². The lowest BCUT2D eigenvalue weighted by Gasteiger charge is -2.24. The molecule has 0 saturated carbocycles. The fourth-order valence-electron chi connectivity index (χ4n) is 4.93. The minimum absolute atomic E-state index is 0.0879. The maximum absolute atomic E-state index is 12.8. The summed E-state index contributed by atoms with van der Waals surface area (Å²) in [6, 6.07) is 2.42. The Morgan fingerprint density at radius 2 is 0.905 bits per heavy atom. The van der Waals surface area contributed by atoms with E-state index in [-0.39, 0.29) is 57.1 Å². The van der Waals surface area contributed by atoms with Crippen molar-refractivity contribution in [3.63, 3.8) is 0 Å². The first-order valence-electron chi connectivity index (χ1n) is 12.5. The average Bonchev–Trinajstić information content (AvgIpc) is 2.89. The van der Waals surface area contributed by atoms with Gasteiger partial charge < -0.3 is 30.6 Å². The highest BCUT2D eigenvalue weighted by Crippen LogP contribution is 2.48. The maximum atomic E-state index is 12.8. The van der Waals surface area contributed by atoms with Gasteiger partial charge in [0.05, 0.1) is 11.1 Å². The van der Waals surface area contributed by atoms with E-state index in [0.29, 0.717) is 0 Å². The summed E-state index contributed by atoms with van der Waals surface area (Å²) in [7, 11) is 0. The average molecular weight is 583 g/mol. The molecule has 42 heavy (non-hydrogen) atoms. The van der Waals surface area contributed by atoms with Gasteiger partial charge in [0.1, 0.15) is 11.5 Å². The molecule has 0 aliphatic heterocycles. The summed E-state index contributed by atoms with van der Waals surface area (Å²) < 4.78 is 0. The number of Topliss-reactive ketones (excluding diaryl/α,β-unsaturated/α-hetero) is 2. The molecule has 12 heteroatoms. The summed E-state index contributed by atoms with van der Waals surface area (Å²) in [5.41, 5.74) is -2.86. The second-order valence-corrected chi connectivity index (χ2v) is 10.1. The summed E-state index contributed by atoms with van der Waals surface area (Å²) in [6.07, 6.45) is -0.280.